The van der Waals surface area contributed by atoms with Gasteiger partial charge >= 0.3 is 12.0 Å². The SMILES string of the molecule is O=C(NC1CCSCC1)NC(Cc1ccccc1)C(=O)O. The number of urea groups is 1. The normalized spacial score (nSPS) is 17.0. The van der Waals surface area contributed by atoms with Crippen molar-refractivity contribution < 1.29 is 14.7 Å². The van der Waals surface area contributed by atoms with Gasteiger partial charge in [0.15, 0.2) is 0 Å². The van der Waals surface area contributed by atoms with Gasteiger partial charge in [0.2, 0.25) is 0 Å². The summed E-state index contributed by atoms with van der Waals surface area (Å²) in [5.74, 6) is 1.06. The Morgan fingerprint density at radius 3 is 2.52 bits per heavy atom. The van der Waals surface area contributed by atoms with Crippen LogP contribution in [-0.2, 0) is 11.2 Å². The predicted molar refractivity (Wildman–Crippen MR) is 83.6 cm³/mol. The maximum atomic E-state index is 11.9. The molecule has 1 aliphatic heterocycles. The number of carboxylic acid groups (broad SMARTS) is 1. The fraction of sp³-hybridized carbons (Fsp3) is 0.467. The fourth-order valence-electron chi connectivity index (χ4n) is 2.28. The van der Waals surface area contributed by atoms with Crippen LogP contribution in [0.1, 0.15) is 18.4 Å². The third-order valence-corrected chi connectivity index (χ3v) is 4.49. The topological polar surface area (TPSA) is 78.4 Å². The first-order valence-corrected chi connectivity index (χ1v) is 8.22. The van der Waals surface area contributed by atoms with Gasteiger partial charge in [-0.1, -0.05) is 30.3 Å². The number of aliphatic carboxylic acids is 1. The Balaban J connectivity index is 1.86. The molecule has 3 N–H and O–H groups in total. The largest absolute Gasteiger partial charge is 0.480 e. The molecular weight excluding hydrogens is 288 g/mol. The minimum absolute atomic E-state index is 0.150. The molecule has 0 radical (unpaired) electrons. The van der Waals surface area contributed by atoms with Crippen LogP contribution < -0.4 is 10.6 Å². The minimum Gasteiger partial charge on any atom is -0.480 e. The molecule has 1 fully saturated rings. The highest BCUT2D eigenvalue weighted by atomic mass is 32.2. The molecule has 1 atom stereocenters. The average Bonchev–Trinajstić information content (AvgIpc) is 2.48. The third-order valence-electron chi connectivity index (χ3n) is 3.44. The van der Waals surface area contributed by atoms with Gasteiger partial charge in [-0.25, -0.2) is 9.59 Å². The second-order valence-corrected chi connectivity index (χ2v) is 6.31. The second kappa shape index (κ2) is 7.93. The van der Waals surface area contributed by atoms with Gasteiger partial charge in [0.1, 0.15) is 6.04 Å². The quantitative estimate of drug-likeness (QED) is 0.776. The number of carbonyl (C=O) groups excluding carboxylic acids is 1. The van der Waals surface area contributed by atoms with Gasteiger partial charge in [0, 0.05) is 12.5 Å². The molecule has 1 unspecified atom stereocenters. The first-order valence-electron chi connectivity index (χ1n) is 7.06. The zero-order valence-electron chi connectivity index (χ0n) is 11.7. The summed E-state index contributed by atoms with van der Waals surface area (Å²) in [4.78, 5) is 23.2. The molecule has 2 rings (SSSR count). The van der Waals surface area contributed by atoms with Crippen molar-refractivity contribution in [1.29, 1.82) is 0 Å². The number of hydrogen-bond donors (Lipinski definition) is 3. The van der Waals surface area contributed by atoms with Gasteiger partial charge in [-0.3, -0.25) is 0 Å². The molecule has 114 valence electrons. The van der Waals surface area contributed by atoms with Crippen molar-refractivity contribution in [3.05, 3.63) is 35.9 Å². The Morgan fingerprint density at radius 1 is 1.24 bits per heavy atom. The van der Waals surface area contributed by atoms with Crippen LogP contribution in [0.15, 0.2) is 30.3 Å². The summed E-state index contributed by atoms with van der Waals surface area (Å²) >= 11 is 1.88. The summed E-state index contributed by atoms with van der Waals surface area (Å²) in [5, 5.41) is 14.7. The molecule has 0 aromatic heterocycles. The summed E-state index contributed by atoms with van der Waals surface area (Å²) in [6.07, 6.45) is 2.16. The fourth-order valence-corrected chi connectivity index (χ4v) is 3.38. The summed E-state index contributed by atoms with van der Waals surface area (Å²) in [5.41, 5.74) is 0.888. The van der Waals surface area contributed by atoms with E-state index in [0.29, 0.717) is 0 Å². The second-order valence-electron chi connectivity index (χ2n) is 5.08. The molecule has 1 aliphatic rings. The first-order chi connectivity index (χ1) is 10.1. The average molecular weight is 308 g/mol. The molecule has 0 aliphatic carbocycles. The van der Waals surface area contributed by atoms with Gasteiger partial charge in [0.05, 0.1) is 0 Å². The van der Waals surface area contributed by atoms with Crippen molar-refractivity contribution in [2.75, 3.05) is 11.5 Å². The molecule has 1 saturated heterocycles. The van der Waals surface area contributed by atoms with E-state index in [2.05, 4.69) is 10.6 Å². The molecule has 2 amide bonds. The summed E-state index contributed by atoms with van der Waals surface area (Å²) in [7, 11) is 0. The summed E-state index contributed by atoms with van der Waals surface area (Å²) < 4.78 is 0. The smallest absolute Gasteiger partial charge is 0.326 e. The van der Waals surface area contributed by atoms with Crippen LogP contribution >= 0.6 is 11.8 Å². The monoisotopic (exact) mass is 308 g/mol. The minimum atomic E-state index is -1.02. The molecule has 21 heavy (non-hydrogen) atoms. The lowest BCUT2D eigenvalue weighted by Crippen LogP contribution is -2.50. The van der Waals surface area contributed by atoms with E-state index in [1.165, 1.54) is 0 Å². The van der Waals surface area contributed by atoms with Crippen LogP contribution in [0.4, 0.5) is 4.79 Å². The number of carboxylic acids is 1. The lowest BCUT2D eigenvalue weighted by atomic mass is 10.1. The number of carbonyl (C=O) groups is 2. The van der Waals surface area contributed by atoms with E-state index in [1.807, 2.05) is 42.1 Å². The number of amides is 2. The van der Waals surface area contributed by atoms with E-state index in [-0.39, 0.29) is 12.5 Å². The molecular formula is C15H20N2O3S. The molecule has 0 spiro atoms. The van der Waals surface area contributed by atoms with Crippen LogP contribution in [0.25, 0.3) is 0 Å². The van der Waals surface area contributed by atoms with Crippen LogP contribution in [0.2, 0.25) is 0 Å². The van der Waals surface area contributed by atoms with E-state index in [1.54, 1.807) is 0 Å². The lowest BCUT2D eigenvalue weighted by molar-refractivity contribution is -0.139. The van der Waals surface area contributed by atoms with E-state index in [4.69, 9.17) is 0 Å². The van der Waals surface area contributed by atoms with Crippen LogP contribution in [0.3, 0.4) is 0 Å². The third kappa shape index (κ3) is 5.30. The van der Waals surface area contributed by atoms with E-state index < -0.39 is 18.0 Å². The maximum Gasteiger partial charge on any atom is 0.326 e. The van der Waals surface area contributed by atoms with Crippen molar-refractivity contribution in [2.45, 2.75) is 31.3 Å². The number of nitrogens with one attached hydrogen (secondary N) is 2. The Labute approximate surface area is 128 Å². The highest BCUT2D eigenvalue weighted by molar-refractivity contribution is 7.99. The van der Waals surface area contributed by atoms with E-state index >= 15 is 0 Å². The van der Waals surface area contributed by atoms with Crippen molar-refractivity contribution in [3.63, 3.8) is 0 Å². The molecule has 1 heterocycles. The predicted octanol–water partition coefficient (Wildman–Crippen LogP) is 1.88. The molecule has 5 nitrogen and oxygen atoms in total. The van der Waals surface area contributed by atoms with Crippen LogP contribution in [0.5, 0.6) is 0 Å². The molecule has 0 bridgehead atoms. The summed E-state index contributed by atoms with van der Waals surface area (Å²) in [6.45, 7) is 0. The molecule has 1 aromatic carbocycles. The maximum absolute atomic E-state index is 11.9. The van der Waals surface area contributed by atoms with Gasteiger partial charge in [-0.05, 0) is 29.9 Å². The van der Waals surface area contributed by atoms with Crippen LogP contribution in [-0.4, -0.2) is 40.7 Å². The van der Waals surface area contributed by atoms with E-state index in [9.17, 15) is 14.7 Å². The molecule has 1 aromatic rings. The zero-order chi connectivity index (χ0) is 15.1. The Morgan fingerprint density at radius 2 is 1.90 bits per heavy atom. The highest BCUT2D eigenvalue weighted by Gasteiger charge is 2.22. The standard InChI is InChI=1S/C15H20N2O3S/c18-14(19)13(10-11-4-2-1-3-5-11)17-15(20)16-12-6-8-21-9-7-12/h1-5,12-13H,6-10H2,(H,18,19)(H2,16,17,20). The number of hydrogen-bond acceptors (Lipinski definition) is 3. The number of benzene rings is 1. The van der Waals surface area contributed by atoms with Crippen molar-refractivity contribution in [3.8, 4) is 0 Å². The van der Waals surface area contributed by atoms with Crippen molar-refractivity contribution >= 4 is 23.8 Å². The lowest BCUT2D eigenvalue weighted by Gasteiger charge is -2.24. The van der Waals surface area contributed by atoms with E-state index in [0.717, 1.165) is 29.9 Å². The molecule has 0 saturated carbocycles. The Hall–Kier alpha value is -1.69. The first kappa shape index (κ1) is 15.7. The number of rotatable bonds is 5. The summed E-state index contributed by atoms with van der Waals surface area (Å²) in [6, 6.07) is 8.14. The van der Waals surface area contributed by atoms with Gasteiger partial charge in [-0.2, -0.15) is 11.8 Å². The Kier molecular flexibility index (Phi) is 5.92. The van der Waals surface area contributed by atoms with Gasteiger partial charge < -0.3 is 15.7 Å². The highest BCUT2D eigenvalue weighted by Crippen LogP contribution is 2.16. The van der Waals surface area contributed by atoms with Crippen LogP contribution in [0, 0.1) is 0 Å². The van der Waals surface area contributed by atoms with Crippen molar-refractivity contribution in [2.24, 2.45) is 0 Å². The van der Waals surface area contributed by atoms with Gasteiger partial charge in [0.25, 0.3) is 0 Å². The number of thioether (sulfide) groups is 1. The van der Waals surface area contributed by atoms with Crippen molar-refractivity contribution in [1.82, 2.24) is 10.6 Å². The zero-order valence-corrected chi connectivity index (χ0v) is 12.6. The molecule has 6 heteroatoms. The van der Waals surface area contributed by atoms with Gasteiger partial charge in [-0.15, -0.1) is 0 Å². The Bertz CT molecular complexity index is 475.